The van der Waals surface area contributed by atoms with Gasteiger partial charge in [0.05, 0.1) is 4.92 Å². The summed E-state index contributed by atoms with van der Waals surface area (Å²) in [7, 11) is 0. The lowest BCUT2D eigenvalue weighted by Crippen LogP contribution is -2.20. The molecule has 0 spiro atoms. The number of nitrogens with zero attached hydrogens (tertiary/aromatic N) is 1. The normalized spacial score (nSPS) is 9.50. The fraction of sp³-hybridized carbons (Fsp3) is 0.231. The van der Waals surface area contributed by atoms with Crippen molar-refractivity contribution in [1.82, 2.24) is 0 Å². The molecule has 1 amide bonds. The number of hydrogen-bond acceptors (Lipinski definition) is 5. The van der Waals surface area contributed by atoms with Crippen LogP contribution in [0.15, 0.2) is 35.9 Å². The van der Waals surface area contributed by atoms with Crippen molar-refractivity contribution in [3.8, 4) is 0 Å². The Labute approximate surface area is 115 Å². The van der Waals surface area contributed by atoms with Crippen molar-refractivity contribution in [1.29, 1.82) is 0 Å². The number of ether oxygens (including phenoxy) is 1. The summed E-state index contributed by atoms with van der Waals surface area (Å²) in [6.45, 7) is 3.05. The van der Waals surface area contributed by atoms with Gasteiger partial charge in [0, 0.05) is 23.9 Å². The molecule has 1 N–H and O–H groups in total. The molecule has 1 aromatic carbocycles. The smallest absolute Gasteiger partial charge is 0.331 e. The van der Waals surface area contributed by atoms with E-state index in [9.17, 15) is 19.7 Å². The molecule has 0 bridgehead atoms. The Morgan fingerprint density at radius 2 is 1.90 bits per heavy atom. The van der Waals surface area contributed by atoms with Gasteiger partial charge in [-0.1, -0.05) is 5.57 Å². The standard InChI is InChI=1S/C13H14N2O5/c1-9(2)7-13(17)20-8-12(16)14-10-3-5-11(6-4-10)15(18)19/h3-7H,8H2,1-2H3,(H,14,16). The summed E-state index contributed by atoms with van der Waals surface area (Å²) in [6, 6.07) is 5.33. The predicted octanol–water partition coefficient (Wildman–Crippen LogP) is 2.04. The van der Waals surface area contributed by atoms with Crippen LogP contribution in [0.25, 0.3) is 0 Å². The topological polar surface area (TPSA) is 98.5 Å². The highest BCUT2D eigenvalue weighted by atomic mass is 16.6. The second-order valence-electron chi connectivity index (χ2n) is 4.18. The lowest BCUT2D eigenvalue weighted by Gasteiger charge is -2.05. The van der Waals surface area contributed by atoms with E-state index in [0.717, 1.165) is 5.57 Å². The number of esters is 1. The van der Waals surface area contributed by atoms with Gasteiger partial charge < -0.3 is 10.1 Å². The largest absolute Gasteiger partial charge is 0.452 e. The third kappa shape index (κ3) is 5.30. The first kappa shape index (κ1) is 15.4. The van der Waals surface area contributed by atoms with Crippen molar-refractivity contribution in [3.63, 3.8) is 0 Å². The minimum atomic E-state index is -0.594. The van der Waals surface area contributed by atoms with Crippen LogP contribution >= 0.6 is 0 Å². The molecule has 7 nitrogen and oxygen atoms in total. The van der Waals surface area contributed by atoms with Crippen LogP contribution in [-0.2, 0) is 14.3 Å². The van der Waals surface area contributed by atoms with E-state index in [1.807, 2.05) is 0 Å². The Kier molecular flexibility index (Phi) is 5.40. The molecule has 1 rings (SSSR count). The maximum atomic E-state index is 11.5. The zero-order valence-electron chi connectivity index (χ0n) is 11.1. The highest BCUT2D eigenvalue weighted by Crippen LogP contribution is 2.15. The Morgan fingerprint density at radius 1 is 1.30 bits per heavy atom. The lowest BCUT2D eigenvalue weighted by atomic mass is 10.3. The van der Waals surface area contributed by atoms with Crippen molar-refractivity contribution in [2.75, 3.05) is 11.9 Å². The van der Waals surface area contributed by atoms with Gasteiger partial charge in [-0.2, -0.15) is 0 Å². The van der Waals surface area contributed by atoms with Gasteiger partial charge in [0.25, 0.3) is 11.6 Å². The highest BCUT2D eigenvalue weighted by molar-refractivity contribution is 5.93. The second-order valence-corrected chi connectivity index (χ2v) is 4.18. The SMILES string of the molecule is CC(C)=CC(=O)OCC(=O)Nc1ccc([N+](=O)[O-])cc1. The number of anilines is 1. The Morgan fingerprint density at radius 3 is 2.40 bits per heavy atom. The van der Waals surface area contributed by atoms with Crippen LogP contribution in [0.1, 0.15) is 13.8 Å². The number of nitro benzene ring substituents is 1. The van der Waals surface area contributed by atoms with Crippen LogP contribution in [0.2, 0.25) is 0 Å². The van der Waals surface area contributed by atoms with Gasteiger partial charge in [0.2, 0.25) is 0 Å². The van der Waals surface area contributed by atoms with Gasteiger partial charge in [-0.3, -0.25) is 14.9 Å². The Balaban J connectivity index is 2.48. The van der Waals surface area contributed by atoms with Gasteiger partial charge in [-0.15, -0.1) is 0 Å². The van der Waals surface area contributed by atoms with E-state index in [4.69, 9.17) is 4.74 Å². The molecule has 0 aliphatic rings. The molecular weight excluding hydrogens is 264 g/mol. The molecule has 7 heteroatoms. The number of benzene rings is 1. The molecule has 0 radical (unpaired) electrons. The zero-order valence-corrected chi connectivity index (χ0v) is 11.1. The summed E-state index contributed by atoms with van der Waals surface area (Å²) >= 11 is 0. The first-order chi connectivity index (χ1) is 9.38. The average molecular weight is 278 g/mol. The minimum absolute atomic E-state index is 0.0713. The summed E-state index contributed by atoms with van der Waals surface area (Å²) in [4.78, 5) is 32.6. The summed E-state index contributed by atoms with van der Waals surface area (Å²) < 4.78 is 4.71. The number of carbonyl (C=O) groups is 2. The molecule has 1 aromatic rings. The van der Waals surface area contributed by atoms with Crippen molar-refractivity contribution >= 4 is 23.3 Å². The molecule has 0 aliphatic heterocycles. The number of hydrogen-bond donors (Lipinski definition) is 1. The number of nitro groups is 1. The quantitative estimate of drug-likeness (QED) is 0.384. The summed E-state index contributed by atoms with van der Waals surface area (Å²) in [5.74, 6) is -1.11. The lowest BCUT2D eigenvalue weighted by molar-refractivity contribution is -0.384. The monoisotopic (exact) mass is 278 g/mol. The van der Waals surface area contributed by atoms with Crippen LogP contribution < -0.4 is 5.32 Å². The molecule has 0 atom stereocenters. The fourth-order valence-corrected chi connectivity index (χ4v) is 1.28. The first-order valence-electron chi connectivity index (χ1n) is 5.74. The van der Waals surface area contributed by atoms with Crippen LogP contribution in [0.3, 0.4) is 0 Å². The van der Waals surface area contributed by atoms with Crippen molar-refractivity contribution < 1.29 is 19.2 Å². The summed E-state index contributed by atoms with van der Waals surface area (Å²) in [6.07, 6.45) is 1.28. The van der Waals surface area contributed by atoms with Gasteiger partial charge in [0.15, 0.2) is 6.61 Å². The summed E-state index contributed by atoms with van der Waals surface area (Å²) in [5, 5.41) is 12.9. The van der Waals surface area contributed by atoms with Crippen LogP contribution in [-0.4, -0.2) is 23.4 Å². The van der Waals surface area contributed by atoms with Gasteiger partial charge in [-0.05, 0) is 26.0 Å². The predicted molar refractivity (Wildman–Crippen MR) is 72.1 cm³/mol. The number of non-ortho nitro benzene ring substituents is 1. The number of amides is 1. The van der Waals surface area contributed by atoms with E-state index >= 15 is 0 Å². The number of nitrogens with one attached hydrogen (secondary N) is 1. The van der Waals surface area contributed by atoms with Gasteiger partial charge in [-0.25, -0.2) is 4.79 Å². The van der Waals surface area contributed by atoms with Crippen molar-refractivity contribution in [2.45, 2.75) is 13.8 Å². The van der Waals surface area contributed by atoms with Crippen molar-refractivity contribution in [3.05, 3.63) is 46.0 Å². The maximum absolute atomic E-state index is 11.5. The first-order valence-corrected chi connectivity index (χ1v) is 5.74. The zero-order chi connectivity index (χ0) is 15.1. The molecule has 0 saturated carbocycles. The van der Waals surface area contributed by atoms with Crippen LogP contribution in [0, 0.1) is 10.1 Å². The Bertz CT molecular complexity index is 544. The van der Waals surface area contributed by atoms with Crippen molar-refractivity contribution in [2.24, 2.45) is 0 Å². The molecule has 0 heterocycles. The van der Waals surface area contributed by atoms with E-state index in [-0.39, 0.29) is 5.69 Å². The number of carbonyl (C=O) groups excluding carboxylic acids is 2. The third-order valence-corrected chi connectivity index (χ3v) is 2.11. The van der Waals surface area contributed by atoms with Gasteiger partial charge in [0.1, 0.15) is 0 Å². The van der Waals surface area contributed by atoms with E-state index in [1.165, 1.54) is 30.3 Å². The molecule has 0 unspecified atom stereocenters. The number of rotatable bonds is 5. The molecular formula is C13H14N2O5. The molecule has 0 aromatic heterocycles. The molecule has 106 valence electrons. The molecule has 0 saturated heterocycles. The van der Waals surface area contributed by atoms with E-state index in [1.54, 1.807) is 13.8 Å². The molecule has 20 heavy (non-hydrogen) atoms. The minimum Gasteiger partial charge on any atom is -0.452 e. The van der Waals surface area contributed by atoms with Gasteiger partial charge >= 0.3 is 5.97 Å². The fourth-order valence-electron chi connectivity index (χ4n) is 1.28. The third-order valence-electron chi connectivity index (χ3n) is 2.11. The number of allylic oxidation sites excluding steroid dienone is 1. The molecule has 0 aliphatic carbocycles. The second kappa shape index (κ2) is 7.03. The van der Waals surface area contributed by atoms with Crippen LogP contribution in [0.4, 0.5) is 11.4 Å². The van der Waals surface area contributed by atoms with E-state index in [2.05, 4.69) is 5.32 Å². The Hall–Kier alpha value is -2.70. The van der Waals surface area contributed by atoms with E-state index in [0.29, 0.717) is 5.69 Å². The molecule has 0 fully saturated rings. The average Bonchev–Trinajstić information content (AvgIpc) is 2.36. The summed E-state index contributed by atoms with van der Waals surface area (Å²) in [5.41, 5.74) is 1.09. The van der Waals surface area contributed by atoms with Crippen LogP contribution in [0.5, 0.6) is 0 Å². The van der Waals surface area contributed by atoms with E-state index < -0.39 is 23.4 Å². The maximum Gasteiger partial charge on any atom is 0.331 e. The highest BCUT2D eigenvalue weighted by Gasteiger charge is 2.08.